The molecule has 0 spiro atoms. The van der Waals surface area contributed by atoms with Crippen molar-refractivity contribution in [3.8, 4) is 0 Å². The minimum atomic E-state index is -0.711. The molecule has 1 aromatic rings. The van der Waals surface area contributed by atoms with Gasteiger partial charge in [-0.25, -0.2) is 14.2 Å². The van der Waals surface area contributed by atoms with Crippen molar-refractivity contribution in [2.75, 3.05) is 14.2 Å². The molecule has 0 unspecified atom stereocenters. The third kappa shape index (κ3) is 2.12. The first-order valence-electron chi connectivity index (χ1n) is 4.86. The van der Waals surface area contributed by atoms with Crippen LogP contribution in [0.3, 0.4) is 0 Å². The van der Waals surface area contributed by atoms with Crippen LogP contribution in [-0.4, -0.2) is 28.2 Å². The molecule has 0 amide bonds. The second kappa shape index (κ2) is 4.36. The number of rotatable bonds is 2. The summed E-state index contributed by atoms with van der Waals surface area (Å²) in [6.07, 6.45) is 0. The number of hydrogen-bond donors (Lipinski definition) is 0. The monoisotopic (exact) mass is 261 g/mol. The van der Waals surface area contributed by atoms with Crippen LogP contribution in [0.2, 0.25) is 0 Å². The molecule has 17 heavy (non-hydrogen) atoms. The predicted molar refractivity (Wildman–Crippen MR) is 63.8 cm³/mol. The molecule has 1 rings (SSSR count). The molecule has 0 aromatic carbocycles. The molecule has 0 atom stereocenters. The van der Waals surface area contributed by atoms with Gasteiger partial charge in [-0.3, -0.25) is 0 Å². The van der Waals surface area contributed by atoms with Gasteiger partial charge in [0.1, 0.15) is 14.2 Å². The van der Waals surface area contributed by atoms with Gasteiger partial charge in [0.05, 0.1) is 0 Å². The summed E-state index contributed by atoms with van der Waals surface area (Å²) >= 11 is 4.91. The van der Waals surface area contributed by atoms with Crippen LogP contribution in [-0.2, 0) is 5.54 Å². The van der Waals surface area contributed by atoms with E-state index in [9.17, 15) is 9.59 Å². The normalized spacial score (nSPS) is 11.4. The summed E-state index contributed by atoms with van der Waals surface area (Å²) in [5, 5.41) is 0. The molecule has 0 saturated heterocycles. The van der Waals surface area contributed by atoms with Gasteiger partial charge >= 0.3 is 11.4 Å². The van der Waals surface area contributed by atoms with E-state index in [0.29, 0.717) is 0 Å². The molecule has 0 N–H and O–H groups in total. The van der Waals surface area contributed by atoms with E-state index in [0.717, 1.165) is 14.0 Å². The quantitative estimate of drug-likeness (QED) is 0.666. The van der Waals surface area contributed by atoms with Crippen LogP contribution >= 0.6 is 12.2 Å². The second-order valence-electron chi connectivity index (χ2n) is 4.31. The van der Waals surface area contributed by atoms with E-state index in [4.69, 9.17) is 21.9 Å². The summed E-state index contributed by atoms with van der Waals surface area (Å²) in [4.78, 5) is 33.7. The molecule has 0 aliphatic carbocycles. The highest BCUT2D eigenvalue weighted by Gasteiger charge is 2.23. The van der Waals surface area contributed by atoms with Crippen molar-refractivity contribution in [1.82, 2.24) is 14.0 Å². The molecule has 1 aromatic heterocycles. The zero-order valence-electron chi connectivity index (χ0n) is 10.4. The molecule has 0 bridgehead atoms. The van der Waals surface area contributed by atoms with Crippen LogP contribution < -0.4 is 21.1 Å². The summed E-state index contributed by atoms with van der Waals surface area (Å²) in [7, 11) is 2.57. The molecule has 0 saturated carbocycles. The zero-order chi connectivity index (χ0) is 13.4. The van der Waals surface area contributed by atoms with Gasteiger partial charge < -0.3 is 9.68 Å². The van der Waals surface area contributed by atoms with Crippen molar-refractivity contribution in [2.24, 2.45) is 0 Å². The lowest BCUT2D eigenvalue weighted by molar-refractivity contribution is 0.0713. The maximum atomic E-state index is 12.0. The summed E-state index contributed by atoms with van der Waals surface area (Å²) in [5.41, 5.74) is -1.98. The maximum absolute atomic E-state index is 12.0. The van der Waals surface area contributed by atoms with Crippen molar-refractivity contribution in [3.05, 3.63) is 25.7 Å². The lowest BCUT2D eigenvalue weighted by atomic mass is 10.1. The smallest absolute Gasteiger partial charge is 0.368 e. The lowest BCUT2D eigenvalue weighted by Crippen LogP contribution is -2.54. The van der Waals surface area contributed by atoms with Crippen LogP contribution in [0.25, 0.3) is 0 Å². The van der Waals surface area contributed by atoms with Gasteiger partial charge in [0.15, 0.2) is 0 Å². The number of hydrogen-bond acceptors (Lipinski definition) is 5. The van der Waals surface area contributed by atoms with E-state index in [-0.39, 0.29) is 4.77 Å². The van der Waals surface area contributed by atoms with E-state index in [1.165, 1.54) is 14.2 Å². The number of aromatic nitrogens is 3. The molecule has 96 valence electrons. The van der Waals surface area contributed by atoms with Crippen molar-refractivity contribution in [1.29, 1.82) is 0 Å². The Morgan fingerprint density at radius 3 is 1.59 bits per heavy atom. The van der Waals surface area contributed by atoms with Crippen molar-refractivity contribution in [2.45, 2.75) is 26.3 Å². The average molecular weight is 261 g/mol. The van der Waals surface area contributed by atoms with Gasteiger partial charge in [-0.15, -0.1) is 0 Å². The first-order valence-corrected chi connectivity index (χ1v) is 5.27. The number of nitrogens with zero attached hydrogens (tertiary/aromatic N) is 3. The van der Waals surface area contributed by atoms with Crippen LogP contribution in [0.1, 0.15) is 20.8 Å². The Hall–Kier alpha value is -1.57. The Kier molecular flexibility index (Phi) is 3.46. The van der Waals surface area contributed by atoms with Crippen molar-refractivity contribution >= 4 is 12.2 Å². The fraction of sp³-hybridized carbons (Fsp3) is 0.667. The average Bonchev–Trinajstić information content (AvgIpc) is 2.16. The maximum Gasteiger partial charge on any atom is 0.368 e. The van der Waals surface area contributed by atoms with Gasteiger partial charge in [-0.05, 0) is 33.0 Å². The first-order chi connectivity index (χ1) is 7.75. The highest BCUT2D eigenvalue weighted by atomic mass is 32.1. The van der Waals surface area contributed by atoms with Crippen LogP contribution in [0.5, 0.6) is 0 Å². The minimum Gasteiger partial charge on any atom is -0.410 e. The highest BCUT2D eigenvalue weighted by molar-refractivity contribution is 7.71. The van der Waals surface area contributed by atoms with Crippen molar-refractivity contribution < 1.29 is 9.68 Å². The largest absolute Gasteiger partial charge is 0.410 e. The molecule has 0 fully saturated rings. The van der Waals surface area contributed by atoms with Crippen LogP contribution in [0.4, 0.5) is 0 Å². The molecule has 0 radical (unpaired) electrons. The summed E-state index contributed by atoms with van der Waals surface area (Å²) in [6.45, 7) is 5.16. The van der Waals surface area contributed by atoms with Gasteiger partial charge in [-0.1, -0.05) is 9.46 Å². The molecule has 7 nitrogen and oxygen atoms in total. The summed E-state index contributed by atoms with van der Waals surface area (Å²) < 4.78 is 2.51. The third-order valence-electron chi connectivity index (χ3n) is 2.11. The van der Waals surface area contributed by atoms with Gasteiger partial charge in [0.2, 0.25) is 0 Å². The third-order valence-corrected chi connectivity index (χ3v) is 2.45. The molecular weight excluding hydrogens is 246 g/mol. The molecule has 0 aliphatic rings. The second-order valence-corrected chi connectivity index (χ2v) is 4.67. The van der Waals surface area contributed by atoms with E-state index in [1.54, 1.807) is 20.8 Å². The Morgan fingerprint density at radius 2 is 1.35 bits per heavy atom. The van der Waals surface area contributed by atoms with Gasteiger partial charge in [0, 0.05) is 5.54 Å². The predicted octanol–water partition coefficient (Wildman–Crippen LogP) is -0.587. The van der Waals surface area contributed by atoms with Crippen molar-refractivity contribution in [3.63, 3.8) is 0 Å². The molecule has 0 aliphatic heterocycles. The topological polar surface area (TPSA) is 67.4 Å². The van der Waals surface area contributed by atoms with E-state index < -0.39 is 16.9 Å². The Labute approximate surface area is 103 Å². The fourth-order valence-corrected chi connectivity index (χ4v) is 1.70. The Morgan fingerprint density at radius 1 is 1.00 bits per heavy atom. The van der Waals surface area contributed by atoms with Crippen LogP contribution in [0.15, 0.2) is 9.59 Å². The molecule has 8 heteroatoms. The molecule has 1 heterocycles. The first kappa shape index (κ1) is 13.5. The Balaban J connectivity index is 3.94. The highest BCUT2D eigenvalue weighted by Crippen LogP contribution is 2.06. The zero-order valence-corrected chi connectivity index (χ0v) is 11.2. The van der Waals surface area contributed by atoms with E-state index in [2.05, 4.69) is 0 Å². The van der Waals surface area contributed by atoms with E-state index >= 15 is 0 Å². The summed E-state index contributed by atoms with van der Waals surface area (Å²) in [6, 6.07) is 0. The minimum absolute atomic E-state index is 0.148. The molecular formula is C9H15N3O4S. The standard InChI is InChI=1S/C9H15N3O4S/c1-9(2,3)10-6(13)11(15-4)8(17)12(16-5)7(10)14/h1-5H3. The SMILES string of the molecule is COn1c(=S)n(OC)c(=O)n(C(C)(C)C)c1=O. The van der Waals surface area contributed by atoms with Gasteiger partial charge in [0.25, 0.3) is 4.77 Å². The Bertz CT molecular complexity index is 548. The van der Waals surface area contributed by atoms with Gasteiger partial charge in [-0.2, -0.15) is 0 Å². The van der Waals surface area contributed by atoms with E-state index in [1.807, 2.05) is 0 Å². The fourth-order valence-electron chi connectivity index (χ4n) is 1.40. The summed E-state index contributed by atoms with van der Waals surface area (Å²) in [5.74, 6) is 0. The van der Waals surface area contributed by atoms with Crippen LogP contribution in [0, 0.1) is 4.77 Å². The lowest BCUT2D eigenvalue weighted by Gasteiger charge is -2.22.